The average Bonchev–Trinajstić information content (AvgIpc) is 2.25. The van der Waals surface area contributed by atoms with Gasteiger partial charge in [-0.25, -0.2) is 0 Å². The molecule has 0 bridgehead atoms. The fourth-order valence-corrected chi connectivity index (χ4v) is 1.55. The molecule has 1 aromatic heterocycles. The molecule has 0 radical (unpaired) electrons. The maximum absolute atomic E-state index is 9.84. The second kappa shape index (κ2) is 3.73. The first-order valence-electron chi connectivity index (χ1n) is 4.89. The number of aromatic nitrogens is 1. The van der Waals surface area contributed by atoms with E-state index >= 15 is 0 Å². The van der Waals surface area contributed by atoms with E-state index in [0.29, 0.717) is 5.75 Å². The zero-order chi connectivity index (χ0) is 10.8. The number of benzene rings is 1. The highest BCUT2D eigenvalue weighted by molar-refractivity contribution is 5.70. The summed E-state index contributed by atoms with van der Waals surface area (Å²) in [4.78, 5) is 4.04. The molecule has 0 aliphatic rings. The van der Waals surface area contributed by atoms with Crippen molar-refractivity contribution in [3.63, 3.8) is 0 Å². The molecule has 0 aliphatic carbocycles. The van der Waals surface area contributed by atoms with Gasteiger partial charge in [-0.3, -0.25) is 4.98 Å². The largest absolute Gasteiger partial charge is 0.507 e. The number of hydrogen-bond acceptors (Lipinski definition) is 2. The van der Waals surface area contributed by atoms with Crippen molar-refractivity contribution in [3.8, 4) is 16.9 Å². The Bertz CT molecular complexity index is 477. The molecule has 1 heterocycles. The smallest absolute Gasteiger partial charge is 0.123 e. The molecule has 0 aliphatic heterocycles. The Hall–Kier alpha value is -1.83. The maximum Gasteiger partial charge on any atom is 0.123 e. The summed E-state index contributed by atoms with van der Waals surface area (Å²) >= 11 is 0. The second-order valence-corrected chi connectivity index (χ2v) is 3.70. The molecule has 2 heteroatoms. The van der Waals surface area contributed by atoms with Gasteiger partial charge < -0.3 is 5.11 Å². The standard InChI is InChI=1S/C13H13NO/c1-9-6-12(13(15)7-10(9)2)11-4-3-5-14-8-11/h3-8,15H,1-2H3. The summed E-state index contributed by atoms with van der Waals surface area (Å²) in [6.45, 7) is 4.02. The maximum atomic E-state index is 9.84. The van der Waals surface area contributed by atoms with Gasteiger partial charge >= 0.3 is 0 Å². The number of nitrogens with zero attached hydrogens (tertiary/aromatic N) is 1. The van der Waals surface area contributed by atoms with Crippen molar-refractivity contribution in [1.29, 1.82) is 0 Å². The van der Waals surface area contributed by atoms with E-state index < -0.39 is 0 Å². The Morgan fingerprint density at radius 1 is 1.13 bits per heavy atom. The predicted molar refractivity (Wildman–Crippen MR) is 60.8 cm³/mol. The Labute approximate surface area is 89.2 Å². The Morgan fingerprint density at radius 3 is 2.53 bits per heavy atom. The number of phenols is 1. The minimum absolute atomic E-state index is 0.311. The molecule has 15 heavy (non-hydrogen) atoms. The topological polar surface area (TPSA) is 33.1 Å². The van der Waals surface area contributed by atoms with Crippen LogP contribution >= 0.6 is 0 Å². The van der Waals surface area contributed by atoms with Crippen LogP contribution in [0.5, 0.6) is 5.75 Å². The summed E-state index contributed by atoms with van der Waals surface area (Å²) in [5, 5.41) is 9.84. The summed E-state index contributed by atoms with van der Waals surface area (Å²) in [5.41, 5.74) is 4.05. The van der Waals surface area contributed by atoms with Crippen LogP contribution in [0.15, 0.2) is 36.7 Å². The molecule has 2 nitrogen and oxygen atoms in total. The molecule has 2 aromatic rings. The third-order valence-electron chi connectivity index (χ3n) is 2.58. The summed E-state index contributed by atoms with van der Waals surface area (Å²) < 4.78 is 0. The van der Waals surface area contributed by atoms with Gasteiger partial charge in [0.2, 0.25) is 0 Å². The van der Waals surface area contributed by atoms with Crippen molar-refractivity contribution in [2.45, 2.75) is 13.8 Å². The van der Waals surface area contributed by atoms with Crippen molar-refractivity contribution < 1.29 is 5.11 Å². The number of aromatic hydroxyl groups is 1. The van der Waals surface area contributed by atoms with Crippen molar-refractivity contribution >= 4 is 0 Å². The Kier molecular flexibility index (Phi) is 2.42. The summed E-state index contributed by atoms with van der Waals surface area (Å²) in [6.07, 6.45) is 3.48. The minimum Gasteiger partial charge on any atom is -0.507 e. The number of hydrogen-bond donors (Lipinski definition) is 1. The molecule has 2 rings (SSSR count). The van der Waals surface area contributed by atoms with Crippen LogP contribution < -0.4 is 0 Å². The molecule has 1 N–H and O–H groups in total. The Morgan fingerprint density at radius 2 is 1.87 bits per heavy atom. The molecule has 0 fully saturated rings. The lowest BCUT2D eigenvalue weighted by Gasteiger charge is -2.08. The van der Waals surface area contributed by atoms with Crippen LogP contribution in [-0.2, 0) is 0 Å². The molecular formula is C13H13NO. The molecule has 0 spiro atoms. The SMILES string of the molecule is Cc1cc(O)c(-c2cccnc2)cc1C. The van der Waals surface area contributed by atoms with Gasteiger partial charge in [0.25, 0.3) is 0 Å². The van der Waals surface area contributed by atoms with E-state index in [1.54, 1.807) is 18.5 Å². The molecule has 76 valence electrons. The molecule has 0 amide bonds. The van der Waals surface area contributed by atoms with Gasteiger partial charge in [0.1, 0.15) is 5.75 Å². The van der Waals surface area contributed by atoms with Gasteiger partial charge in [0, 0.05) is 23.5 Å². The number of rotatable bonds is 1. The molecule has 0 saturated carbocycles. The molecular weight excluding hydrogens is 186 g/mol. The van der Waals surface area contributed by atoms with E-state index in [4.69, 9.17) is 0 Å². The van der Waals surface area contributed by atoms with Crippen molar-refractivity contribution in [2.75, 3.05) is 0 Å². The average molecular weight is 199 g/mol. The quantitative estimate of drug-likeness (QED) is 0.765. The zero-order valence-corrected chi connectivity index (χ0v) is 8.86. The number of aryl methyl sites for hydroxylation is 2. The first kappa shape index (κ1) is 9.71. The van der Waals surface area contributed by atoms with Gasteiger partial charge in [-0.2, -0.15) is 0 Å². The van der Waals surface area contributed by atoms with E-state index in [9.17, 15) is 5.11 Å². The highest BCUT2D eigenvalue weighted by Crippen LogP contribution is 2.30. The first-order chi connectivity index (χ1) is 7.18. The van der Waals surface area contributed by atoms with Crippen LogP contribution in [0.1, 0.15) is 11.1 Å². The first-order valence-corrected chi connectivity index (χ1v) is 4.89. The van der Waals surface area contributed by atoms with E-state index in [0.717, 1.165) is 16.7 Å². The summed E-state index contributed by atoms with van der Waals surface area (Å²) in [7, 11) is 0. The third-order valence-corrected chi connectivity index (χ3v) is 2.58. The summed E-state index contributed by atoms with van der Waals surface area (Å²) in [5.74, 6) is 0.311. The van der Waals surface area contributed by atoms with Crippen LogP contribution in [0.25, 0.3) is 11.1 Å². The Balaban J connectivity index is 2.59. The van der Waals surface area contributed by atoms with Crippen LogP contribution in [-0.4, -0.2) is 10.1 Å². The third kappa shape index (κ3) is 1.84. The van der Waals surface area contributed by atoms with Gasteiger partial charge in [-0.05, 0) is 43.2 Å². The molecule has 0 unspecified atom stereocenters. The van der Waals surface area contributed by atoms with Crippen LogP contribution in [0.4, 0.5) is 0 Å². The van der Waals surface area contributed by atoms with Gasteiger partial charge in [-0.15, -0.1) is 0 Å². The normalized spacial score (nSPS) is 10.3. The monoisotopic (exact) mass is 199 g/mol. The van der Waals surface area contributed by atoms with Gasteiger partial charge in [0.05, 0.1) is 0 Å². The van der Waals surface area contributed by atoms with E-state index in [-0.39, 0.29) is 0 Å². The number of pyridine rings is 1. The molecule has 0 atom stereocenters. The fourth-order valence-electron chi connectivity index (χ4n) is 1.55. The van der Waals surface area contributed by atoms with Crippen LogP contribution in [0.2, 0.25) is 0 Å². The lowest BCUT2D eigenvalue weighted by Crippen LogP contribution is -1.85. The van der Waals surface area contributed by atoms with E-state index in [2.05, 4.69) is 4.98 Å². The highest BCUT2D eigenvalue weighted by atomic mass is 16.3. The van der Waals surface area contributed by atoms with E-state index in [1.807, 2.05) is 32.0 Å². The zero-order valence-electron chi connectivity index (χ0n) is 8.86. The minimum atomic E-state index is 0.311. The van der Waals surface area contributed by atoms with Crippen LogP contribution in [0.3, 0.4) is 0 Å². The number of phenolic OH excluding ortho intramolecular Hbond substituents is 1. The van der Waals surface area contributed by atoms with E-state index in [1.165, 1.54) is 5.56 Å². The van der Waals surface area contributed by atoms with Gasteiger partial charge in [0.15, 0.2) is 0 Å². The van der Waals surface area contributed by atoms with Crippen molar-refractivity contribution in [2.24, 2.45) is 0 Å². The predicted octanol–water partition coefficient (Wildman–Crippen LogP) is 3.07. The van der Waals surface area contributed by atoms with Crippen LogP contribution in [0, 0.1) is 13.8 Å². The summed E-state index contributed by atoms with van der Waals surface area (Å²) in [6, 6.07) is 7.58. The molecule has 1 aromatic carbocycles. The lowest BCUT2D eigenvalue weighted by atomic mass is 10.0. The molecule has 0 saturated heterocycles. The van der Waals surface area contributed by atoms with Crippen molar-refractivity contribution in [1.82, 2.24) is 4.98 Å². The van der Waals surface area contributed by atoms with Gasteiger partial charge in [-0.1, -0.05) is 6.07 Å². The second-order valence-electron chi connectivity index (χ2n) is 3.70. The fraction of sp³-hybridized carbons (Fsp3) is 0.154. The van der Waals surface area contributed by atoms with Crippen molar-refractivity contribution in [3.05, 3.63) is 47.8 Å². The highest BCUT2D eigenvalue weighted by Gasteiger charge is 2.06. The lowest BCUT2D eigenvalue weighted by molar-refractivity contribution is 0.476.